The molecule has 0 unspecified atom stereocenters. The van der Waals surface area contributed by atoms with Crippen LogP contribution in [0.4, 0.5) is 0 Å². The molecule has 0 N–H and O–H groups in total. The fourth-order valence-electron chi connectivity index (χ4n) is 2.81. The first kappa shape index (κ1) is 14.8. The summed E-state index contributed by atoms with van der Waals surface area (Å²) in [6.45, 7) is 1.93. The summed E-state index contributed by atoms with van der Waals surface area (Å²) in [6.07, 6.45) is 3.83. The molecule has 20 heavy (non-hydrogen) atoms. The third kappa shape index (κ3) is 2.90. The van der Waals surface area contributed by atoms with Gasteiger partial charge in [-0.25, -0.2) is 8.42 Å². The Morgan fingerprint density at radius 1 is 1.20 bits per heavy atom. The number of nitrogens with zero attached hydrogens (tertiary/aromatic N) is 2. The van der Waals surface area contributed by atoms with Gasteiger partial charge in [0.25, 0.3) is 10.0 Å². The van der Waals surface area contributed by atoms with Crippen LogP contribution in [0.2, 0.25) is 4.34 Å². The number of thiophene rings is 1. The standard InChI is InChI=1S/C13H19ClN2O2S2/c1-15-8-6-11(7-9-15)16(10-2-3-10)20(17,18)13-5-4-12(14)19-13/h4-5,10-11H,2-3,6-9H2,1H3. The number of likely N-dealkylation sites (tertiary alicyclic amines) is 1. The second kappa shape index (κ2) is 5.57. The van der Waals surface area contributed by atoms with Crippen molar-refractivity contribution in [2.75, 3.05) is 20.1 Å². The van der Waals surface area contributed by atoms with Gasteiger partial charge in [-0.05, 0) is 58.0 Å². The summed E-state index contributed by atoms with van der Waals surface area (Å²) in [5, 5.41) is 0. The highest BCUT2D eigenvalue weighted by molar-refractivity contribution is 7.91. The van der Waals surface area contributed by atoms with Crippen molar-refractivity contribution in [3.63, 3.8) is 0 Å². The van der Waals surface area contributed by atoms with Crippen LogP contribution in [0.3, 0.4) is 0 Å². The van der Waals surface area contributed by atoms with E-state index in [9.17, 15) is 8.42 Å². The van der Waals surface area contributed by atoms with Crippen molar-refractivity contribution < 1.29 is 8.42 Å². The molecule has 0 amide bonds. The van der Waals surface area contributed by atoms with Crippen molar-refractivity contribution in [1.82, 2.24) is 9.21 Å². The van der Waals surface area contributed by atoms with Gasteiger partial charge in [0.2, 0.25) is 0 Å². The van der Waals surface area contributed by atoms with E-state index in [4.69, 9.17) is 11.6 Å². The molecule has 112 valence electrons. The lowest BCUT2D eigenvalue weighted by Gasteiger charge is -2.36. The minimum Gasteiger partial charge on any atom is -0.306 e. The van der Waals surface area contributed by atoms with Crippen molar-refractivity contribution in [2.24, 2.45) is 0 Å². The Morgan fingerprint density at radius 2 is 1.80 bits per heavy atom. The van der Waals surface area contributed by atoms with Gasteiger partial charge in [-0.2, -0.15) is 4.31 Å². The zero-order chi connectivity index (χ0) is 14.3. The molecule has 2 heterocycles. The molecule has 1 aromatic heterocycles. The molecular weight excluding hydrogens is 316 g/mol. The Labute approximate surface area is 129 Å². The van der Waals surface area contributed by atoms with Crippen molar-refractivity contribution in [2.45, 2.75) is 42.0 Å². The number of rotatable bonds is 4. The fourth-order valence-corrected chi connectivity index (χ4v) is 6.33. The molecule has 1 saturated carbocycles. The summed E-state index contributed by atoms with van der Waals surface area (Å²) < 4.78 is 28.4. The largest absolute Gasteiger partial charge is 0.306 e. The third-order valence-electron chi connectivity index (χ3n) is 4.04. The summed E-state index contributed by atoms with van der Waals surface area (Å²) in [4.78, 5) is 2.26. The molecule has 4 nitrogen and oxygen atoms in total. The monoisotopic (exact) mass is 334 g/mol. The van der Waals surface area contributed by atoms with E-state index in [1.54, 1.807) is 16.4 Å². The van der Waals surface area contributed by atoms with Crippen LogP contribution in [-0.2, 0) is 10.0 Å². The first-order chi connectivity index (χ1) is 9.48. The lowest BCUT2D eigenvalue weighted by Crippen LogP contribution is -2.47. The molecule has 3 rings (SSSR count). The second-order valence-corrected chi connectivity index (χ2v) is 9.44. The Morgan fingerprint density at radius 3 is 2.30 bits per heavy atom. The Hall–Kier alpha value is -0.140. The van der Waals surface area contributed by atoms with E-state index < -0.39 is 10.0 Å². The zero-order valence-electron chi connectivity index (χ0n) is 11.5. The maximum atomic E-state index is 12.9. The second-order valence-electron chi connectivity index (χ2n) is 5.66. The van der Waals surface area contributed by atoms with E-state index in [-0.39, 0.29) is 12.1 Å². The van der Waals surface area contributed by atoms with Crippen molar-refractivity contribution in [3.05, 3.63) is 16.5 Å². The number of sulfonamides is 1. The SMILES string of the molecule is CN1CCC(N(C2CC2)S(=O)(=O)c2ccc(Cl)s2)CC1. The molecule has 0 bridgehead atoms. The molecule has 1 aromatic rings. The summed E-state index contributed by atoms with van der Waals surface area (Å²) in [7, 11) is -1.30. The Balaban J connectivity index is 1.87. The van der Waals surface area contributed by atoms with Crippen molar-refractivity contribution in [3.8, 4) is 0 Å². The molecule has 0 atom stereocenters. The average molecular weight is 335 g/mol. The third-order valence-corrected chi connectivity index (χ3v) is 7.74. The van der Waals surface area contributed by atoms with Crippen LogP contribution in [0.15, 0.2) is 16.3 Å². The van der Waals surface area contributed by atoms with E-state index >= 15 is 0 Å². The quantitative estimate of drug-likeness (QED) is 0.850. The van der Waals surface area contributed by atoms with Crippen LogP contribution in [0.5, 0.6) is 0 Å². The van der Waals surface area contributed by atoms with Crippen molar-refractivity contribution >= 4 is 33.0 Å². The minimum atomic E-state index is -3.39. The maximum absolute atomic E-state index is 12.9. The average Bonchev–Trinajstić information content (AvgIpc) is 3.12. The van der Waals surface area contributed by atoms with E-state index in [1.165, 1.54) is 0 Å². The molecular formula is C13H19ClN2O2S2. The van der Waals surface area contributed by atoms with Crippen LogP contribution in [0.25, 0.3) is 0 Å². The normalized spacial score (nSPS) is 22.6. The summed E-state index contributed by atoms with van der Waals surface area (Å²) >= 11 is 7.06. The highest BCUT2D eigenvalue weighted by atomic mass is 35.5. The van der Waals surface area contributed by atoms with Gasteiger partial charge in [-0.15, -0.1) is 11.3 Å². The number of hydrogen-bond donors (Lipinski definition) is 0. The molecule has 1 aliphatic heterocycles. The van der Waals surface area contributed by atoms with Crippen LogP contribution in [-0.4, -0.2) is 49.8 Å². The molecule has 0 radical (unpaired) electrons. The zero-order valence-corrected chi connectivity index (χ0v) is 13.8. The van der Waals surface area contributed by atoms with Crippen LogP contribution >= 0.6 is 22.9 Å². The van der Waals surface area contributed by atoms with Gasteiger partial charge in [-0.1, -0.05) is 11.6 Å². The predicted molar refractivity (Wildman–Crippen MR) is 81.9 cm³/mol. The molecule has 1 aliphatic carbocycles. The fraction of sp³-hybridized carbons (Fsp3) is 0.692. The van der Waals surface area contributed by atoms with E-state index in [1.807, 2.05) is 0 Å². The van der Waals surface area contributed by atoms with Gasteiger partial charge in [0, 0.05) is 12.1 Å². The van der Waals surface area contributed by atoms with Crippen LogP contribution in [0, 0.1) is 0 Å². The van der Waals surface area contributed by atoms with E-state index in [0.29, 0.717) is 8.55 Å². The molecule has 2 aliphatic rings. The summed E-state index contributed by atoms with van der Waals surface area (Å²) in [6, 6.07) is 3.64. The highest BCUT2D eigenvalue weighted by Crippen LogP contribution is 2.38. The van der Waals surface area contributed by atoms with Gasteiger partial charge >= 0.3 is 0 Å². The van der Waals surface area contributed by atoms with Gasteiger partial charge in [0.05, 0.1) is 4.34 Å². The van der Waals surface area contributed by atoms with Gasteiger partial charge < -0.3 is 4.90 Å². The Bertz CT molecular complexity index is 575. The topological polar surface area (TPSA) is 40.6 Å². The molecule has 2 fully saturated rings. The smallest absolute Gasteiger partial charge is 0.253 e. The Kier molecular flexibility index (Phi) is 4.12. The highest BCUT2D eigenvalue weighted by Gasteiger charge is 2.43. The van der Waals surface area contributed by atoms with E-state index in [0.717, 1.165) is 50.1 Å². The predicted octanol–water partition coefficient (Wildman–Crippen LogP) is 2.65. The first-order valence-corrected chi connectivity index (χ1v) is 9.59. The summed E-state index contributed by atoms with van der Waals surface area (Å²) in [5.74, 6) is 0. The number of piperidine rings is 1. The maximum Gasteiger partial charge on any atom is 0.253 e. The van der Waals surface area contributed by atoms with Crippen LogP contribution < -0.4 is 0 Å². The van der Waals surface area contributed by atoms with E-state index in [2.05, 4.69) is 11.9 Å². The molecule has 1 saturated heterocycles. The number of halogens is 1. The van der Waals surface area contributed by atoms with Crippen molar-refractivity contribution in [1.29, 1.82) is 0 Å². The molecule has 7 heteroatoms. The first-order valence-electron chi connectivity index (χ1n) is 6.96. The van der Waals surface area contributed by atoms with Gasteiger partial charge in [-0.3, -0.25) is 0 Å². The molecule has 0 aromatic carbocycles. The molecule has 0 spiro atoms. The lowest BCUT2D eigenvalue weighted by molar-refractivity contribution is 0.179. The minimum absolute atomic E-state index is 0.143. The lowest BCUT2D eigenvalue weighted by atomic mass is 10.1. The van der Waals surface area contributed by atoms with Gasteiger partial charge in [0.1, 0.15) is 4.21 Å². The van der Waals surface area contributed by atoms with Gasteiger partial charge in [0.15, 0.2) is 0 Å². The summed E-state index contributed by atoms with van der Waals surface area (Å²) in [5.41, 5.74) is 0. The van der Waals surface area contributed by atoms with Crippen LogP contribution in [0.1, 0.15) is 25.7 Å². The number of hydrogen-bond acceptors (Lipinski definition) is 4.